The molecule has 1 N–H and O–H groups in total. The van der Waals surface area contributed by atoms with Gasteiger partial charge in [0.25, 0.3) is 0 Å². The Kier molecular flexibility index (Phi) is 7.59. The second-order valence-corrected chi connectivity index (χ2v) is 6.85. The molecule has 2 aromatic rings. The molecule has 144 valence electrons. The van der Waals surface area contributed by atoms with Crippen LogP contribution in [0.5, 0.6) is 0 Å². The Balaban J connectivity index is 1.29. The van der Waals surface area contributed by atoms with Crippen molar-refractivity contribution in [1.29, 1.82) is 0 Å². The van der Waals surface area contributed by atoms with E-state index in [4.69, 9.17) is 4.74 Å². The van der Waals surface area contributed by atoms with E-state index in [2.05, 4.69) is 32.3 Å². The summed E-state index contributed by atoms with van der Waals surface area (Å²) in [5.74, 6) is 0.839. The molecular weight excluding hydrogens is 340 g/mol. The van der Waals surface area contributed by atoms with Gasteiger partial charge in [-0.15, -0.1) is 0 Å². The molecule has 0 bridgehead atoms. The molecule has 0 radical (unpaired) electrons. The second-order valence-electron chi connectivity index (χ2n) is 6.85. The molecule has 3 rings (SSSR count). The number of rotatable bonds is 9. The van der Waals surface area contributed by atoms with Gasteiger partial charge in [-0.25, -0.2) is 9.97 Å². The Hall–Kier alpha value is -2.47. The maximum absolute atomic E-state index is 12.2. The van der Waals surface area contributed by atoms with Crippen LogP contribution in [0.3, 0.4) is 0 Å². The Morgan fingerprint density at radius 3 is 2.78 bits per heavy atom. The summed E-state index contributed by atoms with van der Waals surface area (Å²) in [5, 5.41) is 3.14. The van der Waals surface area contributed by atoms with E-state index in [0.29, 0.717) is 19.6 Å². The summed E-state index contributed by atoms with van der Waals surface area (Å²) in [6.07, 6.45) is 7.70. The molecule has 1 aliphatic heterocycles. The highest BCUT2D eigenvalue weighted by atomic mass is 16.5. The SMILES string of the molecule is O=C(CCCOCCc1ccccc1)N[C@H]1CCCN(c2ncccn2)C1. The minimum Gasteiger partial charge on any atom is -0.381 e. The van der Waals surface area contributed by atoms with Gasteiger partial charge in [0.1, 0.15) is 0 Å². The number of amides is 1. The van der Waals surface area contributed by atoms with E-state index in [1.165, 1.54) is 5.56 Å². The average molecular weight is 368 g/mol. The zero-order valence-corrected chi connectivity index (χ0v) is 15.7. The summed E-state index contributed by atoms with van der Waals surface area (Å²) < 4.78 is 5.65. The van der Waals surface area contributed by atoms with Crippen LogP contribution in [0, 0.1) is 0 Å². The van der Waals surface area contributed by atoms with E-state index in [1.807, 2.05) is 24.3 Å². The molecule has 6 nitrogen and oxygen atoms in total. The molecule has 1 atom stereocenters. The van der Waals surface area contributed by atoms with Gasteiger partial charge in [-0.3, -0.25) is 4.79 Å². The first-order valence-electron chi connectivity index (χ1n) is 9.74. The van der Waals surface area contributed by atoms with Crippen molar-refractivity contribution < 1.29 is 9.53 Å². The number of benzene rings is 1. The van der Waals surface area contributed by atoms with Gasteiger partial charge in [0.15, 0.2) is 0 Å². The quantitative estimate of drug-likeness (QED) is 0.689. The van der Waals surface area contributed by atoms with E-state index in [-0.39, 0.29) is 11.9 Å². The van der Waals surface area contributed by atoms with Gasteiger partial charge < -0.3 is 15.0 Å². The van der Waals surface area contributed by atoms with Crippen LogP contribution >= 0.6 is 0 Å². The highest BCUT2D eigenvalue weighted by Gasteiger charge is 2.22. The molecule has 1 saturated heterocycles. The summed E-state index contributed by atoms with van der Waals surface area (Å²) in [7, 11) is 0. The third-order valence-electron chi connectivity index (χ3n) is 4.69. The number of hydrogen-bond donors (Lipinski definition) is 1. The van der Waals surface area contributed by atoms with Gasteiger partial charge in [-0.1, -0.05) is 30.3 Å². The molecule has 0 unspecified atom stereocenters. The van der Waals surface area contributed by atoms with Gasteiger partial charge >= 0.3 is 0 Å². The third kappa shape index (κ3) is 6.64. The molecule has 27 heavy (non-hydrogen) atoms. The standard InChI is InChI=1S/C21H28N4O2/c26-20(10-5-15-27-16-11-18-7-2-1-3-8-18)24-19-9-4-14-25(17-19)21-22-12-6-13-23-21/h1-3,6-8,12-13,19H,4-5,9-11,14-17H2,(H,24,26)/t19-/m0/s1. The van der Waals surface area contributed by atoms with E-state index < -0.39 is 0 Å². The van der Waals surface area contributed by atoms with Crippen molar-refractivity contribution in [2.24, 2.45) is 0 Å². The molecule has 2 heterocycles. The van der Waals surface area contributed by atoms with Gasteiger partial charge in [0, 0.05) is 44.6 Å². The Labute approximate surface area is 161 Å². The number of nitrogens with zero attached hydrogens (tertiary/aromatic N) is 3. The number of nitrogens with one attached hydrogen (secondary N) is 1. The summed E-state index contributed by atoms with van der Waals surface area (Å²) in [4.78, 5) is 22.9. The van der Waals surface area contributed by atoms with Crippen LogP contribution in [0.1, 0.15) is 31.2 Å². The lowest BCUT2D eigenvalue weighted by atomic mass is 10.1. The topological polar surface area (TPSA) is 67.3 Å². The van der Waals surface area contributed by atoms with Gasteiger partial charge in [-0.2, -0.15) is 0 Å². The molecule has 0 saturated carbocycles. The molecule has 1 aromatic carbocycles. The molecule has 1 aromatic heterocycles. The van der Waals surface area contributed by atoms with Crippen LogP contribution in [-0.2, 0) is 16.0 Å². The largest absolute Gasteiger partial charge is 0.381 e. The number of ether oxygens (including phenoxy) is 1. The lowest BCUT2D eigenvalue weighted by molar-refractivity contribution is -0.122. The lowest BCUT2D eigenvalue weighted by Gasteiger charge is -2.33. The maximum Gasteiger partial charge on any atom is 0.225 e. The number of carbonyl (C=O) groups excluding carboxylic acids is 1. The van der Waals surface area contributed by atoms with Crippen molar-refractivity contribution >= 4 is 11.9 Å². The molecule has 6 heteroatoms. The van der Waals surface area contributed by atoms with Crippen molar-refractivity contribution in [1.82, 2.24) is 15.3 Å². The first-order chi connectivity index (χ1) is 13.3. The maximum atomic E-state index is 12.2. The number of anilines is 1. The highest BCUT2D eigenvalue weighted by molar-refractivity contribution is 5.76. The van der Waals surface area contributed by atoms with Crippen LogP contribution in [0.2, 0.25) is 0 Å². The number of carbonyl (C=O) groups is 1. The third-order valence-corrected chi connectivity index (χ3v) is 4.69. The predicted octanol–water partition coefficient (Wildman–Crippen LogP) is 2.60. The van der Waals surface area contributed by atoms with Crippen LogP contribution in [0.4, 0.5) is 5.95 Å². The molecule has 0 aliphatic carbocycles. The molecular formula is C21H28N4O2. The van der Waals surface area contributed by atoms with E-state index in [0.717, 1.165) is 44.7 Å². The van der Waals surface area contributed by atoms with Crippen LogP contribution in [0.15, 0.2) is 48.8 Å². The van der Waals surface area contributed by atoms with Crippen molar-refractivity contribution in [3.05, 3.63) is 54.4 Å². The van der Waals surface area contributed by atoms with Gasteiger partial charge in [0.05, 0.1) is 6.61 Å². The zero-order chi connectivity index (χ0) is 18.7. The summed E-state index contributed by atoms with van der Waals surface area (Å²) >= 11 is 0. The summed E-state index contributed by atoms with van der Waals surface area (Å²) in [6.45, 7) is 3.02. The monoisotopic (exact) mass is 368 g/mol. The molecule has 1 amide bonds. The van der Waals surface area contributed by atoms with Crippen molar-refractivity contribution in [3.8, 4) is 0 Å². The van der Waals surface area contributed by atoms with Crippen molar-refractivity contribution in [2.45, 2.75) is 38.1 Å². The number of hydrogen-bond acceptors (Lipinski definition) is 5. The minimum absolute atomic E-state index is 0.0995. The van der Waals surface area contributed by atoms with Crippen LogP contribution < -0.4 is 10.2 Å². The Bertz CT molecular complexity index is 681. The number of aromatic nitrogens is 2. The van der Waals surface area contributed by atoms with E-state index in [9.17, 15) is 4.79 Å². The normalized spacial score (nSPS) is 16.9. The lowest BCUT2D eigenvalue weighted by Crippen LogP contribution is -2.48. The van der Waals surface area contributed by atoms with Gasteiger partial charge in [0.2, 0.25) is 11.9 Å². The summed E-state index contributed by atoms with van der Waals surface area (Å²) in [6, 6.07) is 12.3. The molecule has 1 aliphatic rings. The smallest absolute Gasteiger partial charge is 0.225 e. The first kappa shape index (κ1) is 19.3. The second kappa shape index (κ2) is 10.6. The molecule has 1 fully saturated rings. The minimum atomic E-state index is 0.0995. The van der Waals surface area contributed by atoms with E-state index >= 15 is 0 Å². The fourth-order valence-corrected chi connectivity index (χ4v) is 3.30. The van der Waals surface area contributed by atoms with Crippen molar-refractivity contribution in [2.75, 3.05) is 31.2 Å². The molecule has 0 spiro atoms. The zero-order valence-electron chi connectivity index (χ0n) is 15.7. The van der Waals surface area contributed by atoms with Crippen LogP contribution in [-0.4, -0.2) is 48.2 Å². The van der Waals surface area contributed by atoms with Crippen molar-refractivity contribution in [3.63, 3.8) is 0 Å². The van der Waals surface area contributed by atoms with E-state index in [1.54, 1.807) is 12.4 Å². The van der Waals surface area contributed by atoms with Gasteiger partial charge in [-0.05, 0) is 37.3 Å². The summed E-state index contributed by atoms with van der Waals surface area (Å²) in [5.41, 5.74) is 1.28. The fourth-order valence-electron chi connectivity index (χ4n) is 3.30. The van der Waals surface area contributed by atoms with Crippen LogP contribution in [0.25, 0.3) is 0 Å². The fraction of sp³-hybridized carbons (Fsp3) is 0.476. The highest BCUT2D eigenvalue weighted by Crippen LogP contribution is 2.15. The number of piperidine rings is 1. The predicted molar refractivity (Wildman–Crippen MR) is 106 cm³/mol. The first-order valence-corrected chi connectivity index (χ1v) is 9.74. The Morgan fingerprint density at radius 2 is 1.96 bits per heavy atom. The average Bonchev–Trinajstić information content (AvgIpc) is 2.72. The Morgan fingerprint density at radius 1 is 1.15 bits per heavy atom.